The fourth-order valence-electron chi connectivity index (χ4n) is 3.64. The third kappa shape index (κ3) is 5.19. The van der Waals surface area contributed by atoms with Gasteiger partial charge in [0.2, 0.25) is 0 Å². The van der Waals surface area contributed by atoms with Crippen molar-refractivity contribution in [2.45, 2.75) is 4.90 Å². The normalized spacial score (nSPS) is 14.2. The predicted octanol–water partition coefficient (Wildman–Crippen LogP) is 4.46. The van der Waals surface area contributed by atoms with Gasteiger partial charge in [0.15, 0.2) is 0 Å². The minimum atomic E-state index is -4.07. The molecule has 10 heteroatoms. The van der Waals surface area contributed by atoms with Crippen LogP contribution in [0.4, 0.5) is 11.4 Å². The minimum Gasteiger partial charge on any atom is -0.508 e. The number of benzene rings is 3. The molecule has 0 bridgehead atoms. The number of carbonyl (C=O) groups is 1. The minimum absolute atomic E-state index is 0.0288. The van der Waals surface area contributed by atoms with E-state index in [9.17, 15) is 18.3 Å². The summed E-state index contributed by atoms with van der Waals surface area (Å²) in [5.41, 5.74) is 1.38. The van der Waals surface area contributed by atoms with Crippen LogP contribution in [0.5, 0.6) is 5.75 Å². The van der Waals surface area contributed by atoms with Gasteiger partial charge in [-0.05, 0) is 54.6 Å². The Hall–Kier alpha value is -2.94. The number of sulfonamides is 1. The number of nitrogens with one attached hydrogen (secondary N) is 1. The highest BCUT2D eigenvalue weighted by Gasteiger charge is 2.26. The molecule has 3 aromatic rings. The molecule has 0 aliphatic carbocycles. The second kappa shape index (κ2) is 9.51. The molecule has 7 nitrogen and oxygen atoms in total. The molecular formula is C23H21Cl2N3O4S. The van der Waals surface area contributed by atoms with E-state index in [1.807, 2.05) is 12.1 Å². The summed E-state index contributed by atoms with van der Waals surface area (Å²) in [5, 5.41) is 9.73. The van der Waals surface area contributed by atoms with Crippen LogP contribution in [-0.2, 0) is 10.0 Å². The summed E-state index contributed by atoms with van der Waals surface area (Å²) in [5.74, 6) is -0.0680. The average molecular weight is 506 g/mol. The first kappa shape index (κ1) is 23.2. The molecule has 33 heavy (non-hydrogen) atoms. The first-order chi connectivity index (χ1) is 15.7. The van der Waals surface area contributed by atoms with Crippen LogP contribution < -0.4 is 9.62 Å². The number of halogens is 2. The largest absolute Gasteiger partial charge is 0.508 e. The zero-order chi connectivity index (χ0) is 23.6. The van der Waals surface area contributed by atoms with Crippen molar-refractivity contribution in [2.75, 3.05) is 35.8 Å². The van der Waals surface area contributed by atoms with Crippen molar-refractivity contribution in [3.8, 4) is 5.75 Å². The summed E-state index contributed by atoms with van der Waals surface area (Å²) in [6, 6.07) is 17.5. The first-order valence-corrected chi connectivity index (χ1v) is 12.4. The smallest absolute Gasteiger partial charge is 0.263 e. The molecule has 1 aliphatic heterocycles. The number of aromatic hydroxyl groups is 1. The van der Waals surface area contributed by atoms with Crippen molar-refractivity contribution >= 4 is 50.5 Å². The number of phenols is 1. The number of hydrogen-bond donors (Lipinski definition) is 2. The van der Waals surface area contributed by atoms with Crippen LogP contribution in [0.25, 0.3) is 0 Å². The molecule has 0 saturated carbocycles. The van der Waals surface area contributed by atoms with E-state index < -0.39 is 10.0 Å². The SMILES string of the molecule is O=C(c1ccccc1NS(=O)(=O)c1cc(Cl)ccc1Cl)N1CCN(c2ccc(O)cc2)CC1. The van der Waals surface area contributed by atoms with E-state index in [0.29, 0.717) is 26.2 Å². The van der Waals surface area contributed by atoms with Crippen molar-refractivity contribution in [2.24, 2.45) is 0 Å². The number of piperazine rings is 1. The number of carbonyl (C=O) groups excluding carboxylic acids is 1. The molecule has 3 aromatic carbocycles. The van der Waals surface area contributed by atoms with Gasteiger partial charge in [-0.3, -0.25) is 9.52 Å². The molecule has 0 radical (unpaired) electrons. The van der Waals surface area contributed by atoms with Crippen LogP contribution in [0.2, 0.25) is 10.0 Å². The Morgan fingerprint density at radius 3 is 2.27 bits per heavy atom. The molecule has 172 valence electrons. The Morgan fingerprint density at radius 2 is 1.58 bits per heavy atom. The van der Waals surface area contributed by atoms with Crippen molar-refractivity contribution in [1.82, 2.24) is 4.90 Å². The van der Waals surface area contributed by atoms with Crippen molar-refractivity contribution in [1.29, 1.82) is 0 Å². The molecule has 0 spiro atoms. The topological polar surface area (TPSA) is 90.0 Å². The second-order valence-corrected chi connectivity index (χ2v) is 10.0. The summed E-state index contributed by atoms with van der Waals surface area (Å²) < 4.78 is 28.4. The van der Waals surface area contributed by atoms with E-state index in [-0.39, 0.29) is 37.8 Å². The Bertz CT molecular complexity index is 1280. The van der Waals surface area contributed by atoms with Gasteiger partial charge >= 0.3 is 0 Å². The van der Waals surface area contributed by atoms with E-state index in [0.717, 1.165) is 5.69 Å². The van der Waals surface area contributed by atoms with Gasteiger partial charge in [-0.25, -0.2) is 8.42 Å². The van der Waals surface area contributed by atoms with Crippen LogP contribution >= 0.6 is 23.2 Å². The number of nitrogens with zero attached hydrogens (tertiary/aromatic N) is 2. The Kier molecular flexibility index (Phi) is 6.69. The van der Waals surface area contributed by atoms with Gasteiger partial charge in [-0.1, -0.05) is 35.3 Å². The van der Waals surface area contributed by atoms with Gasteiger partial charge < -0.3 is 14.9 Å². The van der Waals surface area contributed by atoms with Gasteiger partial charge in [-0.15, -0.1) is 0 Å². The maximum atomic E-state index is 13.2. The average Bonchev–Trinajstić information content (AvgIpc) is 2.81. The zero-order valence-electron chi connectivity index (χ0n) is 17.4. The molecule has 1 heterocycles. The van der Waals surface area contributed by atoms with E-state index in [1.165, 1.54) is 24.3 Å². The zero-order valence-corrected chi connectivity index (χ0v) is 19.7. The Morgan fingerprint density at radius 1 is 0.909 bits per heavy atom. The molecule has 0 unspecified atom stereocenters. The lowest BCUT2D eigenvalue weighted by Crippen LogP contribution is -2.48. The van der Waals surface area contributed by atoms with Crippen LogP contribution in [0.3, 0.4) is 0 Å². The molecule has 4 rings (SSSR count). The lowest BCUT2D eigenvalue weighted by molar-refractivity contribution is 0.0748. The van der Waals surface area contributed by atoms with Crippen molar-refractivity contribution in [3.63, 3.8) is 0 Å². The molecule has 1 aliphatic rings. The quantitative estimate of drug-likeness (QED) is 0.534. The highest BCUT2D eigenvalue weighted by molar-refractivity contribution is 7.92. The van der Waals surface area contributed by atoms with Crippen LogP contribution in [0.15, 0.2) is 71.6 Å². The number of rotatable bonds is 5. The monoisotopic (exact) mass is 505 g/mol. The number of phenolic OH excluding ortho intramolecular Hbond substituents is 1. The van der Waals surface area contributed by atoms with Gasteiger partial charge in [-0.2, -0.15) is 0 Å². The standard InChI is InChI=1S/C23H21Cl2N3O4S/c24-16-5-10-20(25)22(15-16)33(31,32)26-21-4-2-1-3-19(21)23(30)28-13-11-27(12-14-28)17-6-8-18(29)9-7-17/h1-10,15,26,29H,11-14H2. The van der Waals surface area contributed by atoms with Gasteiger partial charge in [0.1, 0.15) is 10.6 Å². The van der Waals surface area contributed by atoms with Crippen molar-refractivity contribution < 1.29 is 18.3 Å². The summed E-state index contributed by atoms with van der Waals surface area (Å²) in [4.78, 5) is 16.9. The van der Waals surface area contributed by atoms with Crippen LogP contribution in [-0.4, -0.2) is 50.5 Å². The summed E-state index contributed by atoms with van der Waals surface area (Å²) in [6.45, 7) is 2.17. The fraction of sp³-hybridized carbons (Fsp3) is 0.174. The molecule has 1 saturated heterocycles. The highest BCUT2D eigenvalue weighted by Crippen LogP contribution is 2.28. The highest BCUT2D eigenvalue weighted by atomic mass is 35.5. The Balaban J connectivity index is 1.51. The van der Waals surface area contributed by atoms with E-state index in [2.05, 4.69) is 9.62 Å². The third-order valence-electron chi connectivity index (χ3n) is 5.37. The maximum Gasteiger partial charge on any atom is 0.263 e. The van der Waals surface area contributed by atoms with Crippen LogP contribution in [0.1, 0.15) is 10.4 Å². The second-order valence-electron chi connectivity index (χ2n) is 7.52. The summed E-state index contributed by atoms with van der Waals surface area (Å²) >= 11 is 12.0. The lowest BCUT2D eigenvalue weighted by Gasteiger charge is -2.36. The molecular weight excluding hydrogens is 485 g/mol. The van der Waals surface area contributed by atoms with Crippen LogP contribution in [0, 0.1) is 0 Å². The van der Waals surface area contributed by atoms with Gasteiger partial charge in [0.25, 0.3) is 15.9 Å². The maximum absolute atomic E-state index is 13.2. The van der Waals surface area contributed by atoms with E-state index in [4.69, 9.17) is 23.2 Å². The fourth-order valence-corrected chi connectivity index (χ4v) is 5.49. The van der Waals surface area contributed by atoms with Gasteiger partial charge in [0, 0.05) is 36.9 Å². The Labute approximate surface area is 202 Å². The van der Waals surface area contributed by atoms with Crippen molar-refractivity contribution in [3.05, 3.63) is 82.3 Å². The molecule has 0 atom stereocenters. The number of hydrogen-bond acceptors (Lipinski definition) is 5. The molecule has 1 amide bonds. The number of amides is 1. The third-order valence-corrected chi connectivity index (χ3v) is 7.45. The summed E-state index contributed by atoms with van der Waals surface area (Å²) in [7, 11) is -4.07. The summed E-state index contributed by atoms with van der Waals surface area (Å²) in [6.07, 6.45) is 0. The van der Waals surface area contributed by atoms with E-state index >= 15 is 0 Å². The van der Waals surface area contributed by atoms with E-state index in [1.54, 1.807) is 35.2 Å². The first-order valence-electron chi connectivity index (χ1n) is 10.1. The predicted molar refractivity (Wildman–Crippen MR) is 130 cm³/mol. The molecule has 0 aromatic heterocycles. The molecule has 1 fully saturated rings. The number of anilines is 2. The molecule has 2 N–H and O–H groups in total. The lowest BCUT2D eigenvalue weighted by atomic mass is 10.1. The number of para-hydroxylation sites is 1. The van der Waals surface area contributed by atoms with Gasteiger partial charge in [0.05, 0.1) is 16.3 Å².